The maximum absolute atomic E-state index is 12.8. The van der Waals surface area contributed by atoms with Gasteiger partial charge in [0.1, 0.15) is 0 Å². The van der Waals surface area contributed by atoms with Crippen LogP contribution >= 0.6 is 11.3 Å². The molecule has 0 unspecified atom stereocenters. The predicted octanol–water partition coefficient (Wildman–Crippen LogP) is 4.90. The van der Waals surface area contributed by atoms with Crippen molar-refractivity contribution in [2.75, 3.05) is 13.2 Å². The van der Waals surface area contributed by atoms with Crippen molar-refractivity contribution >= 4 is 38.2 Å². The van der Waals surface area contributed by atoms with Gasteiger partial charge in [-0.1, -0.05) is 60.9 Å². The smallest absolute Gasteiger partial charge is 0.251 e. The van der Waals surface area contributed by atoms with Crippen LogP contribution in [0.5, 0.6) is 0 Å². The fourth-order valence-corrected chi connectivity index (χ4v) is 5.13. The highest BCUT2D eigenvalue weighted by Gasteiger charge is 2.21. The lowest BCUT2D eigenvalue weighted by Gasteiger charge is -2.17. The molecule has 4 rings (SSSR count). The zero-order valence-corrected chi connectivity index (χ0v) is 16.6. The standard InChI is InChI=1S/C22H26N2O2S/c1-2-26-15-14-24-19-13-12-16-8-6-7-11-18(16)20(19)27-22(24)23-21(25)17-9-4-3-5-10-17/h6-8,11-13,17H,2-5,9-10,14-15H2,1H3. The fourth-order valence-electron chi connectivity index (χ4n) is 3.94. The molecule has 0 saturated heterocycles. The van der Waals surface area contributed by atoms with E-state index in [9.17, 15) is 4.79 Å². The van der Waals surface area contributed by atoms with Crippen molar-refractivity contribution < 1.29 is 9.53 Å². The normalized spacial score (nSPS) is 16.4. The summed E-state index contributed by atoms with van der Waals surface area (Å²) in [5, 5.41) is 2.44. The number of benzene rings is 2. The fraction of sp³-hybridized carbons (Fsp3) is 0.455. The number of fused-ring (bicyclic) bond motifs is 3. The van der Waals surface area contributed by atoms with Gasteiger partial charge in [0.25, 0.3) is 5.91 Å². The molecule has 0 radical (unpaired) electrons. The Labute approximate surface area is 163 Å². The second kappa shape index (κ2) is 8.36. The highest BCUT2D eigenvalue weighted by Crippen LogP contribution is 2.28. The molecule has 1 fully saturated rings. The number of thiazole rings is 1. The lowest BCUT2D eigenvalue weighted by atomic mass is 9.89. The van der Waals surface area contributed by atoms with Crippen LogP contribution in [-0.2, 0) is 16.1 Å². The molecule has 1 aliphatic carbocycles. The minimum absolute atomic E-state index is 0.0516. The summed E-state index contributed by atoms with van der Waals surface area (Å²) in [4.78, 5) is 18.2. The summed E-state index contributed by atoms with van der Waals surface area (Å²) in [6.45, 7) is 4.03. The summed E-state index contributed by atoms with van der Waals surface area (Å²) in [7, 11) is 0. The molecule has 27 heavy (non-hydrogen) atoms. The molecular weight excluding hydrogens is 356 g/mol. The number of rotatable bonds is 5. The molecule has 1 aromatic heterocycles. The summed E-state index contributed by atoms with van der Waals surface area (Å²) < 4.78 is 8.93. The Morgan fingerprint density at radius 2 is 2.00 bits per heavy atom. The van der Waals surface area contributed by atoms with Crippen molar-refractivity contribution in [3.8, 4) is 0 Å². The number of hydrogen-bond donors (Lipinski definition) is 0. The number of aromatic nitrogens is 1. The first kappa shape index (κ1) is 18.4. The minimum Gasteiger partial charge on any atom is -0.380 e. The van der Waals surface area contributed by atoms with Gasteiger partial charge >= 0.3 is 0 Å². The Bertz CT molecular complexity index is 1010. The Morgan fingerprint density at radius 1 is 1.19 bits per heavy atom. The van der Waals surface area contributed by atoms with Crippen LogP contribution in [-0.4, -0.2) is 23.7 Å². The van der Waals surface area contributed by atoms with Gasteiger partial charge in [0.05, 0.1) is 16.8 Å². The van der Waals surface area contributed by atoms with Crippen LogP contribution in [0.15, 0.2) is 41.4 Å². The van der Waals surface area contributed by atoms with Crippen LogP contribution in [0, 0.1) is 5.92 Å². The van der Waals surface area contributed by atoms with Gasteiger partial charge in [0.15, 0.2) is 4.80 Å². The van der Waals surface area contributed by atoms with Crippen molar-refractivity contribution in [1.82, 2.24) is 4.57 Å². The molecule has 1 amide bonds. The highest BCUT2D eigenvalue weighted by molar-refractivity contribution is 7.17. The number of nitrogens with zero attached hydrogens (tertiary/aromatic N) is 2. The lowest BCUT2D eigenvalue weighted by molar-refractivity contribution is -0.122. The zero-order valence-electron chi connectivity index (χ0n) is 15.8. The van der Waals surface area contributed by atoms with Crippen LogP contribution in [0.1, 0.15) is 39.0 Å². The van der Waals surface area contributed by atoms with E-state index in [0.29, 0.717) is 19.8 Å². The Balaban J connectivity index is 1.81. The van der Waals surface area contributed by atoms with E-state index in [-0.39, 0.29) is 11.8 Å². The lowest BCUT2D eigenvalue weighted by Crippen LogP contribution is -2.23. The molecule has 1 heterocycles. The molecule has 1 saturated carbocycles. The van der Waals surface area contributed by atoms with Crippen LogP contribution in [0.4, 0.5) is 0 Å². The van der Waals surface area contributed by atoms with E-state index in [0.717, 1.165) is 36.0 Å². The molecule has 1 aliphatic rings. The Kier molecular flexibility index (Phi) is 5.69. The molecule has 0 aliphatic heterocycles. The number of carbonyl (C=O) groups excluding carboxylic acids is 1. The van der Waals surface area contributed by atoms with Crippen molar-refractivity contribution in [2.45, 2.75) is 45.6 Å². The summed E-state index contributed by atoms with van der Waals surface area (Å²) in [6.07, 6.45) is 5.50. The summed E-state index contributed by atoms with van der Waals surface area (Å²) >= 11 is 1.62. The van der Waals surface area contributed by atoms with E-state index < -0.39 is 0 Å². The van der Waals surface area contributed by atoms with Crippen molar-refractivity contribution in [2.24, 2.45) is 10.9 Å². The number of ether oxygens (including phenoxy) is 1. The molecule has 2 aromatic carbocycles. The summed E-state index contributed by atoms with van der Waals surface area (Å²) in [5.41, 5.74) is 1.13. The second-order valence-electron chi connectivity index (χ2n) is 7.15. The molecule has 3 aromatic rings. The largest absolute Gasteiger partial charge is 0.380 e. The van der Waals surface area contributed by atoms with E-state index in [2.05, 4.69) is 46.0 Å². The average molecular weight is 383 g/mol. The van der Waals surface area contributed by atoms with E-state index in [1.807, 2.05) is 6.92 Å². The van der Waals surface area contributed by atoms with Gasteiger partial charge in [-0.3, -0.25) is 4.79 Å². The highest BCUT2D eigenvalue weighted by atomic mass is 32.1. The van der Waals surface area contributed by atoms with Crippen LogP contribution in [0.3, 0.4) is 0 Å². The Morgan fingerprint density at radius 3 is 2.81 bits per heavy atom. The molecule has 0 N–H and O–H groups in total. The maximum atomic E-state index is 12.8. The van der Waals surface area contributed by atoms with E-state index >= 15 is 0 Å². The van der Waals surface area contributed by atoms with Crippen LogP contribution < -0.4 is 4.80 Å². The van der Waals surface area contributed by atoms with Gasteiger partial charge in [0.2, 0.25) is 0 Å². The van der Waals surface area contributed by atoms with Gasteiger partial charge in [-0.25, -0.2) is 0 Å². The van der Waals surface area contributed by atoms with Crippen molar-refractivity contribution in [3.05, 3.63) is 41.2 Å². The number of carbonyl (C=O) groups is 1. The Hall–Kier alpha value is -1.98. The molecule has 5 heteroatoms. The van der Waals surface area contributed by atoms with Gasteiger partial charge in [-0.05, 0) is 31.2 Å². The third-order valence-electron chi connectivity index (χ3n) is 5.40. The third kappa shape index (κ3) is 3.85. The van der Waals surface area contributed by atoms with E-state index in [4.69, 9.17) is 4.74 Å². The first-order chi connectivity index (χ1) is 13.3. The van der Waals surface area contributed by atoms with Gasteiger partial charge in [0, 0.05) is 24.5 Å². The van der Waals surface area contributed by atoms with Gasteiger partial charge in [-0.2, -0.15) is 4.99 Å². The van der Waals surface area contributed by atoms with Gasteiger partial charge < -0.3 is 9.30 Å². The third-order valence-corrected chi connectivity index (χ3v) is 6.52. The molecule has 142 valence electrons. The number of hydrogen-bond acceptors (Lipinski definition) is 3. The van der Waals surface area contributed by atoms with Crippen LogP contribution in [0.2, 0.25) is 0 Å². The topological polar surface area (TPSA) is 43.6 Å². The molecular formula is C22H26N2O2S. The zero-order chi connectivity index (χ0) is 18.6. The monoisotopic (exact) mass is 382 g/mol. The van der Waals surface area contributed by atoms with Crippen molar-refractivity contribution in [1.29, 1.82) is 0 Å². The quantitative estimate of drug-likeness (QED) is 0.589. The first-order valence-corrected chi connectivity index (χ1v) is 10.8. The molecule has 0 atom stereocenters. The van der Waals surface area contributed by atoms with E-state index in [1.54, 1.807) is 11.3 Å². The summed E-state index contributed by atoms with van der Waals surface area (Å²) in [5.74, 6) is 0.150. The van der Waals surface area contributed by atoms with Crippen LogP contribution in [0.25, 0.3) is 21.0 Å². The first-order valence-electron chi connectivity index (χ1n) is 9.95. The maximum Gasteiger partial charge on any atom is 0.251 e. The SMILES string of the molecule is CCOCCn1c(=NC(=O)C2CCCCC2)sc2c3ccccc3ccc21. The molecule has 0 spiro atoms. The molecule has 0 bridgehead atoms. The molecule has 4 nitrogen and oxygen atoms in total. The minimum atomic E-state index is 0.0516. The number of amides is 1. The van der Waals surface area contributed by atoms with Gasteiger partial charge in [-0.15, -0.1) is 0 Å². The predicted molar refractivity (Wildman–Crippen MR) is 111 cm³/mol. The average Bonchev–Trinajstić information content (AvgIpc) is 3.06. The van der Waals surface area contributed by atoms with Crippen molar-refractivity contribution in [3.63, 3.8) is 0 Å². The van der Waals surface area contributed by atoms with E-state index in [1.165, 1.54) is 21.9 Å². The summed E-state index contributed by atoms with van der Waals surface area (Å²) in [6, 6.07) is 12.7. The second-order valence-corrected chi connectivity index (χ2v) is 8.13.